The van der Waals surface area contributed by atoms with Crippen molar-refractivity contribution in [3.8, 4) is 5.75 Å². The lowest BCUT2D eigenvalue weighted by molar-refractivity contribution is 0.00712. The van der Waals surface area contributed by atoms with Crippen molar-refractivity contribution < 1.29 is 19.0 Å². The Morgan fingerprint density at radius 1 is 1.29 bits per heavy atom. The lowest BCUT2D eigenvalue weighted by Gasteiger charge is -2.32. The molecule has 1 aliphatic carbocycles. The van der Waals surface area contributed by atoms with E-state index in [1.807, 2.05) is 0 Å². The predicted octanol–water partition coefficient (Wildman–Crippen LogP) is 3.03. The molecule has 2 amide bonds. The lowest BCUT2D eigenvalue weighted by Crippen LogP contribution is -2.47. The Kier molecular flexibility index (Phi) is 5.23. The molecule has 2 aliphatic rings. The van der Waals surface area contributed by atoms with Crippen LogP contribution in [0.2, 0.25) is 0 Å². The summed E-state index contributed by atoms with van der Waals surface area (Å²) < 4.78 is 18.9. The van der Waals surface area contributed by atoms with Gasteiger partial charge in [-0.2, -0.15) is 0 Å². The maximum absolute atomic E-state index is 13.4. The van der Waals surface area contributed by atoms with Crippen LogP contribution in [-0.2, 0) is 0 Å². The number of hydrogen-bond donors (Lipinski definition) is 3. The molecule has 0 radical (unpaired) electrons. The van der Waals surface area contributed by atoms with Crippen LogP contribution in [0.15, 0.2) is 18.2 Å². The van der Waals surface area contributed by atoms with Crippen molar-refractivity contribution in [2.75, 3.05) is 13.2 Å². The highest BCUT2D eigenvalue weighted by atomic mass is 19.1. The van der Waals surface area contributed by atoms with E-state index >= 15 is 0 Å². The minimum atomic E-state index is -0.789. The second-order valence-corrected chi connectivity index (χ2v) is 6.84. The van der Waals surface area contributed by atoms with E-state index in [9.17, 15) is 14.3 Å². The molecule has 3 N–H and O–H groups in total. The largest absolute Gasteiger partial charge is 0.493 e. The van der Waals surface area contributed by atoms with Crippen LogP contribution in [0.4, 0.5) is 9.18 Å². The zero-order valence-electron chi connectivity index (χ0n) is 13.8. The van der Waals surface area contributed by atoms with E-state index in [0.717, 1.165) is 50.5 Å². The van der Waals surface area contributed by atoms with Crippen molar-refractivity contribution in [3.05, 3.63) is 29.6 Å². The van der Waals surface area contributed by atoms with Gasteiger partial charge in [0.25, 0.3) is 0 Å². The molecule has 0 aromatic heterocycles. The van der Waals surface area contributed by atoms with E-state index in [-0.39, 0.29) is 24.4 Å². The third kappa shape index (κ3) is 4.17. The van der Waals surface area contributed by atoms with Crippen LogP contribution in [0.3, 0.4) is 0 Å². The smallest absolute Gasteiger partial charge is 0.315 e. The number of urea groups is 1. The number of fused-ring (bicyclic) bond motifs is 1. The zero-order chi connectivity index (χ0) is 17.0. The minimum Gasteiger partial charge on any atom is -0.493 e. The summed E-state index contributed by atoms with van der Waals surface area (Å²) >= 11 is 0. The van der Waals surface area contributed by atoms with E-state index in [4.69, 9.17) is 4.74 Å². The van der Waals surface area contributed by atoms with Crippen LogP contribution in [0.1, 0.15) is 56.6 Å². The number of hydrogen-bond acceptors (Lipinski definition) is 3. The first-order valence-corrected chi connectivity index (χ1v) is 8.75. The first-order valence-electron chi connectivity index (χ1n) is 8.75. The second-order valence-electron chi connectivity index (χ2n) is 6.84. The molecular weight excluding hydrogens is 311 g/mol. The normalized spacial score (nSPS) is 22.7. The van der Waals surface area contributed by atoms with Crippen LogP contribution >= 0.6 is 0 Å². The number of amides is 2. The number of carbonyl (C=O) groups is 1. The maximum atomic E-state index is 13.4. The highest BCUT2D eigenvalue weighted by molar-refractivity contribution is 5.74. The summed E-state index contributed by atoms with van der Waals surface area (Å²) in [5.74, 6) is 0.141. The minimum absolute atomic E-state index is 0.218. The van der Waals surface area contributed by atoms with Gasteiger partial charge in [-0.3, -0.25) is 0 Å². The number of benzene rings is 1. The lowest BCUT2D eigenvalue weighted by atomic mass is 9.85. The molecule has 5 nitrogen and oxygen atoms in total. The fourth-order valence-electron chi connectivity index (χ4n) is 3.54. The zero-order valence-corrected chi connectivity index (χ0v) is 13.8. The topological polar surface area (TPSA) is 70.6 Å². The molecule has 1 atom stereocenters. The van der Waals surface area contributed by atoms with Crippen molar-refractivity contribution in [1.29, 1.82) is 0 Å². The molecule has 1 aromatic carbocycles. The summed E-state index contributed by atoms with van der Waals surface area (Å²) in [7, 11) is 0. The molecule has 3 rings (SSSR count). The molecule has 132 valence electrons. The van der Waals surface area contributed by atoms with Gasteiger partial charge in [0.2, 0.25) is 0 Å². The van der Waals surface area contributed by atoms with Gasteiger partial charge in [0.1, 0.15) is 11.6 Å². The van der Waals surface area contributed by atoms with Crippen LogP contribution in [0, 0.1) is 5.82 Å². The van der Waals surface area contributed by atoms with Crippen molar-refractivity contribution in [2.45, 2.75) is 56.6 Å². The third-order valence-corrected chi connectivity index (χ3v) is 4.91. The summed E-state index contributed by atoms with van der Waals surface area (Å²) in [6, 6.07) is 3.87. The van der Waals surface area contributed by atoms with Crippen LogP contribution < -0.4 is 15.4 Å². The van der Waals surface area contributed by atoms with Crippen LogP contribution in [0.5, 0.6) is 5.75 Å². The first-order chi connectivity index (χ1) is 11.6. The number of aliphatic hydroxyl groups is 1. The fourth-order valence-corrected chi connectivity index (χ4v) is 3.54. The van der Waals surface area contributed by atoms with Crippen LogP contribution in [-0.4, -0.2) is 29.9 Å². The molecule has 1 unspecified atom stereocenters. The Labute approximate surface area is 141 Å². The van der Waals surface area contributed by atoms with E-state index < -0.39 is 5.60 Å². The quantitative estimate of drug-likeness (QED) is 0.794. The Hall–Kier alpha value is -1.82. The van der Waals surface area contributed by atoms with E-state index in [1.165, 1.54) is 12.1 Å². The van der Waals surface area contributed by atoms with Gasteiger partial charge in [0.15, 0.2) is 0 Å². The van der Waals surface area contributed by atoms with Crippen molar-refractivity contribution in [2.24, 2.45) is 0 Å². The van der Waals surface area contributed by atoms with Crippen molar-refractivity contribution >= 4 is 6.03 Å². The maximum Gasteiger partial charge on any atom is 0.315 e. The van der Waals surface area contributed by atoms with Crippen LogP contribution in [0.25, 0.3) is 0 Å². The number of carbonyl (C=O) groups excluding carboxylic acids is 1. The van der Waals surface area contributed by atoms with Crippen molar-refractivity contribution in [3.63, 3.8) is 0 Å². The highest BCUT2D eigenvalue weighted by Gasteiger charge is 2.30. The Balaban J connectivity index is 1.60. The number of rotatable bonds is 3. The molecule has 1 saturated carbocycles. The van der Waals surface area contributed by atoms with Crippen molar-refractivity contribution in [1.82, 2.24) is 10.6 Å². The van der Waals surface area contributed by atoms with Gasteiger partial charge in [-0.05, 0) is 31.7 Å². The highest BCUT2D eigenvalue weighted by Crippen LogP contribution is 2.32. The average Bonchev–Trinajstić information content (AvgIpc) is 2.76. The SMILES string of the molecule is O=C(NCC1(O)CCCCC1)NC1CCCOc2cc(F)ccc21. The van der Waals surface area contributed by atoms with Gasteiger partial charge >= 0.3 is 6.03 Å². The number of ether oxygens (including phenoxy) is 1. The molecule has 0 saturated heterocycles. The van der Waals surface area contributed by atoms with Gasteiger partial charge in [-0.15, -0.1) is 0 Å². The van der Waals surface area contributed by atoms with Gasteiger partial charge in [0.05, 0.1) is 18.2 Å². The fraction of sp³-hybridized carbons (Fsp3) is 0.611. The summed E-state index contributed by atoms with van der Waals surface area (Å²) in [5.41, 5.74) is 0.00356. The van der Waals surface area contributed by atoms with Gasteiger partial charge in [-0.25, -0.2) is 9.18 Å². The summed E-state index contributed by atoms with van der Waals surface area (Å²) in [5, 5.41) is 16.2. The summed E-state index contributed by atoms with van der Waals surface area (Å²) in [6.45, 7) is 0.772. The monoisotopic (exact) mass is 336 g/mol. The molecule has 1 fully saturated rings. The number of halogens is 1. The van der Waals surface area contributed by atoms with E-state index in [1.54, 1.807) is 6.07 Å². The molecule has 0 spiro atoms. The van der Waals surface area contributed by atoms with Gasteiger partial charge in [-0.1, -0.05) is 25.3 Å². The average molecular weight is 336 g/mol. The summed E-state index contributed by atoms with van der Waals surface area (Å²) in [4.78, 5) is 12.2. The van der Waals surface area contributed by atoms with Gasteiger partial charge < -0.3 is 20.5 Å². The van der Waals surface area contributed by atoms with Gasteiger partial charge in [0, 0.05) is 18.2 Å². The molecule has 24 heavy (non-hydrogen) atoms. The molecular formula is C18H25FN2O3. The van der Waals surface area contributed by atoms with E-state index in [0.29, 0.717) is 12.4 Å². The standard InChI is InChI=1S/C18H25FN2O3/c19-13-6-7-14-15(5-4-10-24-16(14)11-13)21-17(22)20-12-18(23)8-2-1-3-9-18/h6-7,11,15,23H,1-5,8-10,12H2,(H2,20,21,22). The third-order valence-electron chi connectivity index (χ3n) is 4.91. The molecule has 6 heteroatoms. The first kappa shape index (κ1) is 17.0. The Bertz CT molecular complexity index is 588. The molecule has 1 heterocycles. The summed E-state index contributed by atoms with van der Waals surface area (Å²) in [6.07, 6.45) is 6.11. The Morgan fingerprint density at radius 3 is 2.88 bits per heavy atom. The molecule has 0 bridgehead atoms. The number of nitrogens with one attached hydrogen (secondary N) is 2. The van der Waals surface area contributed by atoms with E-state index in [2.05, 4.69) is 10.6 Å². The molecule has 1 aliphatic heterocycles. The second kappa shape index (κ2) is 7.38. The molecule has 1 aromatic rings. The predicted molar refractivity (Wildman–Crippen MR) is 88.4 cm³/mol. The Morgan fingerprint density at radius 2 is 2.08 bits per heavy atom.